The Bertz CT molecular complexity index is 167. The molecule has 5 atom stereocenters. The van der Waals surface area contributed by atoms with E-state index in [4.69, 9.17) is 9.84 Å². The third kappa shape index (κ3) is 1.98. The molecule has 0 aromatic carbocycles. The van der Waals surface area contributed by atoms with Gasteiger partial charge in [-0.25, -0.2) is 0 Å². The third-order valence-electron chi connectivity index (χ3n) is 2.23. The lowest BCUT2D eigenvalue weighted by atomic mass is 9.97. The molecule has 0 saturated carbocycles. The Morgan fingerprint density at radius 3 is 2.31 bits per heavy atom. The van der Waals surface area contributed by atoms with Crippen molar-refractivity contribution >= 4 is 0 Å². The zero-order valence-electron chi connectivity index (χ0n) is 7.29. The Morgan fingerprint density at radius 1 is 1.23 bits per heavy atom. The van der Waals surface area contributed by atoms with Crippen LogP contribution in [0.5, 0.6) is 0 Å². The van der Waals surface area contributed by atoms with Crippen molar-refractivity contribution in [1.82, 2.24) is 5.32 Å². The molecule has 1 aliphatic heterocycles. The Balaban J connectivity index is 2.66. The molecule has 0 bridgehead atoms. The molecule has 6 nitrogen and oxygen atoms in total. The van der Waals surface area contributed by atoms with Crippen molar-refractivity contribution in [3.63, 3.8) is 0 Å². The standard InChI is InChI=1S/C7H15NO5/c1-8-4-6(11)5(10)3(2-9)13-7(4)12/h3-12H,2H2,1H3/t3-,4+,5+,6-,7?/m1/s1. The van der Waals surface area contributed by atoms with Gasteiger partial charge < -0.3 is 30.5 Å². The number of hydrogen-bond acceptors (Lipinski definition) is 6. The number of nitrogens with one attached hydrogen (secondary N) is 1. The lowest BCUT2D eigenvalue weighted by Gasteiger charge is -2.39. The number of rotatable bonds is 2. The minimum atomic E-state index is -1.22. The van der Waals surface area contributed by atoms with Gasteiger partial charge in [-0.1, -0.05) is 0 Å². The maximum absolute atomic E-state index is 9.45. The maximum atomic E-state index is 9.45. The van der Waals surface area contributed by atoms with Gasteiger partial charge in [0, 0.05) is 0 Å². The van der Waals surface area contributed by atoms with Crippen LogP contribution in [-0.2, 0) is 4.74 Å². The molecule has 1 fully saturated rings. The molecule has 1 saturated heterocycles. The van der Waals surface area contributed by atoms with Crippen LogP contribution in [0.4, 0.5) is 0 Å². The molecule has 1 unspecified atom stereocenters. The lowest BCUT2D eigenvalue weighted by molar-refractivity contribution is -0.253. The largest absolute Gasteiger partial charge is 0.394 e. The first-order valence-electron chi connectivity index (χ1n) is 4.09. The quantitative estimate of drug-likeness (QED) is 0.320. The van der Waals surface area contributed by atoms with Gasteiger partial charge in [0.15, 0.2) is 6.29 Å². The van der Waals surface area contributed by atoms with Crippen molar-refractivity contribution < 1.29 is 25.2 Å². The van der Waals surface area contributed by atoms with Crippen LogP contribution in [0.3, 0.4) is 0 Å². The summed E-state index contributed by atoms with van der Waals surface area (Å²) in [5.41, 5.74) is 0. The fourth-order valence-corrected chi connectivity index (χ4v) is 1.41. The highest BCUT2D eigenvalue weighted by atomic mass is 16.6. The maximum Gasteiger partial charge on any atom is 0.173 e. The van der Waals surface area contributed by atoms with Crippen molar-refractivity contribution in [3.05, 3.63) is 0 Å². The van der Waals surface area contributed by atoms with Crippen LogP contribution >= 0.6 is 0 Å². The summed E-state index contributed by atoms with van der Waals surface area (Å²) in [7, 11) is 1.53. The topological polar surface area (TPSA) is 102 Å². The molecule has 0 aromatic rings. The van der Waals surface area contributed by atoms with Crippen LogP contribution in [0.25, 0.3) is 0 Å². The summed E-state index contributed by atoms with van der Waals surface area (Å²) >= 11 is 0. The van der Waals surface area contributed by atoms with Gasteiger partial charge in [-0.05, 0) is 7.05 Å². The first-order chi connectivity index (χ1) is 6.11. The van der Waals surface area contributed by atoms with Crippen molar-refractivity contribution in [2.24, 2.45) is 0 Å². The molecule has 13 heavy (non-hydrogen) atoms. The van der Waals surface area contributed by atoms with E-state index in [1.807, 2.05) is 0 Å². The van der Waals surface area contributed by atoms with Gasteiger partial charge in [-0.2, -0.15) is 0 Å². The van der Waals surface area contributed by atoms with Crippen LogP contribution in [0, 0.1) is 0 Å². The molecule has 1 aliphatic rings. The van der Waals surface area contributed by atoms with Gasteiger partial charge in [0.1, 0.15) is 18.3 Å². The highest BCUT2D eigenvalue weighted by molar-refractivity contribution is 4.91. The predicted octanol–water partition coefficient (Wildman–Crippen LogP) is -2.99. The van der Waals surface area contributed by atoms with Gasteiger partial charge in [0.05, 0.1) is 12.6 Å². The lowest BCUT2D eigenvalue weighted by Crippen LogP contribution is -2.62. The Kier molecular flexibility index (Phi) is 3.60. The number of aliphatic hydroxyl groups is 4. The SMILES string of the molecule is CN[C@@H]1C(O)O[C@H](CO)[C@H](O)[C@@H]1O. The van der Waals surface area contributed by atoms with E-state index < -0.39 is 37.3 Å². The average Bonchev–Trinajstić information content (AvgIpc) is 2.12. The van der Waals surface area contributed by atoms with Crippen molar-refractivity contribution in [2.75, 3.05) is 13.7 Å². The Morgan fingerprint density at radius 2 is 1.85 bits per heavy atom. The van der Waals surface area contributed by atoms with Gasteiger partial charge in [0.25, 0.3) is 0 Å². The van der Waals surface area contributed by atoms with Crippen LogP contribution in [0.15, 0.2) is 0 Å². The Labute approximate surface area is 75.8 Å². The molecule has 5 N–H and O–H groups in total. The summed E-state index contributed by atoms with van der Waals surface area (Å²) in [5, 5.41) is 39.4. The normalized spacial score (nSPS) is 46.4. The Hall–Kier alpha value is -0.240. The first-order valence-corrected chi connectivity index (χ1v) is 4.09. The van der Waals surface area contributed by atoms with E-state index in [1.54, 1.807) is 0 Å². The molecule has 6 heteroatoms. The molecule has 0 amide bonds. The molecule has 0 radical (unpaired) electrons. The summed E-state index contributed by atoms with van der Waals surface area (Å²) in [4.78, 5) is 0. The molecule has 0 aliphatic carbocycles. The van der Waals surface area contributed by atoms with Crippen molar-refractivity contribution in [2.45, 2.75) is 30.6 Å². The second-order valence-electron chi connectivity index (χ2n) is 3.04. The van der Waals surface area contributed by atoms with E-state index in [-0.39, 0.29) is 0 Å². The monoisotopic (exact) mass is 193 g/mol. The second kappa shape index (κ2) is 4.32. The highest BCUT2D eigenvalue weighted by Crippen LogP contribution is 2.18. The van der Waals surface area contributed by atoms with Crippen LogP contribution in [-0.4, -0.2) is 64.7 Å². The number of likely N-dealkylation sites (N-methyl/N-ethyl adjacent to an activating group) is 1. The minimum absolute atomic E-state index is 0.439. The number of aliphatic hydroxyl groups excluding tert-OH is 4. The predicted molar refractivity (Wildman–Crippen MR) is 42.8 cm³/mol. The zero-order chi connectivity index (χ0) is 10.0. The van der Waals surface area contributed by atoms with E-state index in [0.717, 1.165) is 0 Å². The zero-order valence-corrected chi connectivity index (χ0v) is 7.29. The van der Waals surface area contributed by atoms with Gasteiger partial charge >= 0.3 is 0 Å². The van der Waals surface area contributed by atoms with E-state index in [2.05, 4.69) is 5.32 Å². The van der Waals surface area contributed by atoms with E-state index >= 15 is 0 Å². The van der Waals surface area contributed by atoms with E-state index in [9.17, 15) is 15.3 Å². The molecular formula is C7H15NO5. The summed E-state index contributed by atoms with van der Waals surface area (Å²) in [6.07, 6.45) is -4.49. The molecule has 78 valence electrons. The molecule has 0 aromatic heterocycles. The second-order valence-corrected chi connectivity index (χ2v) is 3.04. The van der Waals surface area contributed by atoms with E-state index in [0.29, 0.717) is 0 Å². The van der Waals surface area contributed by atoms with Crippen LogP contribution < -0.4 is 5.32 Å². The first kappa shape index (κ1) is 10.8. The summed E-state index contributed by atoms with van der Waals surface area (Å²) < 4.78 is 4.85. The molecule has 0 spiro atoms. The fraction of sp³-hybridized carbons (Fsp3) is 1.00. The van der Waals surface area contributed by atoms with Gasteiger partial charge in [0.2, 0.25) is 0 Å². The van der Waals surface area contributed by atoms with Gasteiger partial charge in [-0.3, -0.25) is 0 Å². The summed E-state index contributed by atoms with van der Waals surface area (Å²) in [5.74, 6) is 0. The average molecular weight is 193 g/mol. The molecular weight excluding hydrogens is 178 g/mol. The molecule has 1 heterocycles. The van der Waals surface area contributed by atoms with Crippen LogP contribution in [0.2, 0.25) is 0 Å². The number of ether oxygens (including phenoxy) is 1. The van der Waals surface area contributed by atoms with Crippen molar-refractivity contribution in [1.29, 1.82) is 0 Å². The minimum Gasteiger partial charge on any atom is -0.394 e. The summed E-state index contributed by atoms with van der Waals surface area (Å²) in [6, 6.07) is -0.738. The van der Waals surface area contributed by atoms with Gasteiger partial charge in [-0.15, -0.1) is 0 Å². The number of hydrogen-bond donors (Lipinski definition) is 5. The smallest absolute Gasteiger partial charge is 0.173 e. The third-order valence-corrected chi connectivity index (χ3v) is 2.23. The van der Waals surface area contributed by atoms with Crippen molar-refractivity contribution in [3.8, 4) is 0 Å². The highest BCUT2D eigenvalue weighted by Gasteiger charge is 2.42. The summed E-state index contributed by atoms with van der Waals surface area (Å²) in [6.45, 7) is -0.439. The molecule has 1 rings (SSSR count). The van der Waals surface area contributed by atoms with E-state index in [1.165, 1.54) is 7.05 Å². The van der Waals surface area contributed by atoms with Crippen LogP contribution in [0.1, 0.15) is 0 Å². The fourth-order valence-electron chi connectivity index (χ4n) is 1.41.